The zero-order chi connectivity index (χ0) is 10.2. The summed E-state index contributed by atoms with van der Waals surface area (Å²) >= 11 is 0. The Balaban J connectivity index is 2.13. The highest BCUT2D eigenvalue weighted by molar-refractivity contribution is 4.98. The molecule has 0 aliphatic carbocycles. The van der Waals surface area contributed by atoms with Crippen LogP contribution in [0.3, 0.4) is 0 Å². The minimum atomic E-state index is 0.938. The van der Waals surface area contributed by atoms with E-state index in [-0.39, 0.29) is 0 Å². The highest BCUT2D eigenvalue weighted by Crippen LogP contribution is 2.19. The molecule has 1 aliphatic heterocycles. The fourth-order valence-corrected chi connectivity index (χ4v) is 1.97. The largest absolute Gasteiger partial charge is 0.320 e. The Hall–Kier alpha value is -0.520. The summed E-state index contributed by atoms with van der Waals surface area (Å²) in [6.45, 7) is 6.53. The lowest BCUT2D eigenvalue weighted by atomic mass is 9.93. The van der Waals surface area contributed by atoms with Gasteiger partial charge in [0.1, 0.15) is 0 Å². The van der Waals surface area contributed by atoms with Gasteiger partial charge in [0, 0.05) is 0 Å². The fraction of sp³-hybridized carbons (Fsp3) is 0.833. The molecule has 0 bridgehead atoms. The third-order valence-electron chi connectivity index (χ3n) is 2.99. The zero-order valence-electron chi connectivity index (χ0n) is 9.47. The van der Waals surface area contributed by atoms with Crippen LogP contribution in [0, 0.1) is 17.8 Å². The minimum Gasteiger partial charge on any atom is -0.320 e. The average Bonchev–Trinajstić information content (AvgIpc) is 2.25. The van der Waals surface area contributed by atoms with Gasteiger partial charge in [0.25, 0.3) is 0 Å². The van der Waals surface area contributed by atoms with E-state index < -0.39 is 0 Å². The van der Waals surface area contributed by atoms with Gasteiger partial charge in [-0.3, -0.25) is 4.90 Å². The first kappa shape index (κ1) is 11.6. The highest BCUT2D eigenvalue weighted by atomic mass is 15.1. The van der Waals surface area contributed by atoms with Crippen molar-refractivity contribution >= 4 is 0 Å². The van der Waals surface area contributed by atoms with Crippen LogP contribution in [0.1, 0.15) is 26.2 Å². The van der Waals surface area contributed by atoms with Gasteiger partial charge in [-0.2, -0.15) is 0 Å². The molecule has 0 spiro atoms. The van der Waals surface area contributed by atoms with Gasteiger partial charge in [-0.25, -0.2) is 0 Å². The average molecular weight is 194 g/mol. The predicted molar refractivity (Wildman–Crippen MR) is 61.2 cm³/mol. The van der Waals surface area contributed by atoms with Crippen molar-refractivity contribution in [1.82, 2.24) is 10.2 Å². The van der Waals surface area contributed by atoms with E-state index >= 15 is 0 Å². The molecule has 0 radical (unpaired) electrons. The van der Waals surface area contributed by atoms with E-state index in [1.807, 2.05) is 14.0 Å². The molecule has 1 heterocycles. The highest BCUT2D eigenvalue weighted by Gasteiger charge is 2.17. The number of rotatable bonds is 4. The topological polar surface area (TPSA) is 15.3 Å². The number of likely N-dealkylation sites (tertiary alicyclic amines) is 1. The number of hydrogen-bond donors (Lipinski definition) is 1. The quantitative estimate of drug-likeness (QED) is 0.679. The first-order valence-corrected chi connectivity index (χ1v) is 5.63. The van der Waals surface area contributed by atoms with E-state index in [2.05, 4.69) is 22.1 Å². The second-order valence-corrected chi connectivity index (χ2v) is 4.04. The van der Waals surface area contributed by atoms with Crippen LogP contribution in [0.15, 0.2) is 0 Å². The molecule has 0 unspecified atom stereocenters. The van der Waals surface area contributed by atoms with Crippen LogP contribution in [0.2, 0.25) is 0 Å². The Morgan fingerprint density at radius 2 is 2.07 bits per heavy atom. The normalized spacial score (nSPS) is 19.0. The van der Waals surface area contributed by atoms with Gasteiger partial charge < -0.3 is 5.32 Å². The molecule has 1 saturated heterocycles. The lowest BCUT2D eigenvalue weighted by Crippen LogP contribution is -2.34. The van der Waals surface area contributed by atoms with Gasteiger partial charge in [0.2, 0.25) is 0 Å². The molecule has 14 heavy (non-hydrogen) atoms. The van der Waals surface area contributed by atoms with Crippen molar-refractivity contribution in [1.29, 1.82) is 0 Å². The summed E-state index contributed by atoms with van der Waals surface area (Å²) in [5.74, 6) is 7.04. The fourth-order valence-electron chi connectivity index (χ4n) is 1.97. The summed E-state index contributed by atoms with van der Waals surface area (Å²) in [4.78, 5) is 2.46. The molecule has 0 atom stereocenters. The first-order chi connectivity index (χ1) is 6.86. The van der Waals surface area contributed by atoms with E-state index in [1.54, 1.807) is 0 Å². The summed E-state index contributed by atoms with van der Waals surface area (Å²) in [5, 5.41) is 3.22. The van der Waals surface area contributed by atoms with E-state index in [0.29, 0.717) is 0 Å². The van der Waals surface area contributed by atoms with E-state index in [0.717, 1.165) is 12.5 Å². The summed E-state index contributed by atoms with van der Waals surface area (Å²) < 4.78 is 0. The van der Waals surface area contributed by atoms with Gasteiger partial charge in [-0.05, 0) is 58.8 Å². The molecule has 0 aromatic rings. The zero-order valence-corrected chi connectivity index (χ0v) is 9.47. The van der Waals surface area contributed by atoms with Crippen molar-refractivity contribution in [2.24, 2.45) is 5.92 Å². The monoisotopic (exact) mass is 194 g/mol. The standard InChI is InChI=1S/C12H22N2/c1-3-4-9-14-10-6-12(7-11-14)5-8-13-2/h12-13H,5-11H2,1-2H3. The van der Waals surface area contributed by atoms with E-state index in [9.17, 15) is 0 Å². The molecular weight excluding hydrogens is 172 g/mol. The Kier molecular flexibility index (Phi) is 5.66. The van der Waals surface area contributed by atoms with Crippen molar-refractivity contribution in [2.45, 2.75) is 26.2 Å². The Morgan fingerprint density at radius 1 is 1.36 bits per heavy atom. The van der Waals surface area contributed by atoms with Crippen LogP contribution >= 0.6 is 0 Å². The summed E-state index contributed by atoms with van der Waals surface area (Å²) in [6.07, 6.45) is 4.05. The van der Waals surface area contributed by atoms with E-state index in [1.165, 1.54) is 38.9 Å². The van der Waals surface area contributed by atoms with Crippen molar-refractivity contribution in [2.75, 3.05) is 33.2 Å². The second kappa shape index (κ2) is 6.86. The van der Waals surface area contributed by atoms with Gasteiger partial charge in [0.05, 0.1) is 6.54 Å². The molecule has 0 aromatic carbocycles. The lowest BCUT2D eigenvalue weighted by Gasteiger charge is -2.30. The molecule has 1 aliphatic rings. The van der Waals surface area contributed by atoms with Crippen LogP contribution < -0.4 is 5.32 Å². The van der Waals surface area contributed by atoms with Crippen molar-refractivity contribution in [3.05, 3.63) is 0 Å². The van der Waals surface area contributed by atoms with Crippen LogP contribution in [0.4, 0.5) is 0 Å². The lowest BCUT2D eigenvalue weighted by molar-refractivity contribution is 0.197. The van der Waals surface area contributed by atoms with Gasteiger partial charge in [-0.15, -0.1) is 5.92 Å². The number of piperidine rings is 1. The summed E-state index contributed by atoms with van der Waals surface area (Å²) in [5.41, 5.74) is 0. The van der Waals surface area contributed by atoms with Gasteiger partial charge in [-0.1, -0.05) is 5.92 Å². The molecule has 2 nitrogen and oxygen atoms in total. The summed E-state index contributed by atoms with van der Waals surface area (Å²) in [7, 11) is 2.03. The van der Waals surface area contributed by atoms with Crippen molar-refractivity contribution in [3.8, 4) is 11.8 Å². The molecule has 1 rings (SSSR count). The summed E-state index contributed by atoms with van der Waals surface area (Å²) in [6, 6.07) is 0. The Morgan fingerprint density at radius 3 is 2.64 bits per heavy atom. The van der Waals surface area contributed by atoms with Crippen LogP contribution in [0.25, 0.3) is 0 Å². The Bertz CT molecular complexity index is 194. The minimum absolute atomic E-state index is 0.938. The SMILES string of the molecule is CC#CCN1CCC(CCNC)CC1. The molecule has 2 heteroatoms. The second-order valence-electron chi connectivity index (χ2n) is 4.04. The van der Waals surface area contributed by atoms with Crippen LogP contribution in [-0.4, -0.2) is 38.1 Å². The third-order valence-corrected chi connectivity index (χ3v) is 2.99. The van der Waals surface area contributed by atoms with Crippen LogP contribution in [0.5, 0.6) is 0 Å². The molecule has 80 valence electrons. The molecule has 1 N–H and O–H groups in total. The molecule has 1 fully saturated rings. The van der Waals surface area contributed by atoms with Gasteiger partial charge >= 0.3 is 0 Å². The predicted octanol–water partition coefficient (Wildman–Crippen LogP) is 1.33. The molecule has 0 saturated carbocycles. The molecule has 0 aromatic heterocycles. The van der Waals surface area contributed by atoms with Gasteiger partial charge in [0.15, 0.2) is 0 Å². The first-order valence-electron chi connectivity index (χ1n) is 5.63. The number of hydrogen-bond acceptors (Lipinski definition) is 2. The molecule has 0 amide bonds. The maximum atomic E-state index is 3.22. The Labute approximate surface area is 88.1 Å². The van der Waals surface area contributed by atoms with Crippen molar-refractivity contribution < 1.29 is 0 Å². The smallest absolute Gasteiger partial charge is 0.0601 e. The number of nitrogens with one attached hydrogen (secondary N) is 1. The third kappa shape index (κ3) is 4.13. The molecular formula is C12H22N2. The maximum Gasteiger partial charge on any atom is 0.0601 e. The van der Waals surface area contributed by atoms with Crippen LogP contribution in [-0.2, 0) is 0 Å². The maximum absolute atomic E-state index is 3.22. The number of nitrogens with zero attached hydrogens (tertiary/aromatic N) is 1. The van der Waals surface area contributed by atoms with E-state index in [4.69, 9.17) is 0 Å². The van der Waals surface area contributed by atoms with Crippen molar-refractivity contribution in [3.63, 3.8) is 0 Å².